The van der Waals surface area contributed by atoms with Crippen molar-refractivity contribution >= 4 is 0 Å². The van der Waals surface area contributed by atoms with E-state index in [0.29, 0.717) is 12.0 Å². The Kier molecular flexibility index (Phi) is 2.69. The van der Waals surface area contributed by atoms with E-state index in [1.165, 1.54) is 17.5 Å². The zero-order valence-corrected chi connectivity index (χ0v) is 9.98. The van der Waals surface area contributed by atoms with Gasteiger partial charge in [0.15, 0.2) is 0 Å². The molecule has 0 amide bonds. The third-order valence-electron chi connectivity index (χ3n) is 3.68. The van der Waals surface area contributed by atoms with Gasteiger partial charge in [-0.15, -0.1) is 0 Å². The Labute approximate surface area is 101 Å². The summed E-state index contributed by atoms with van der Waals surface area (Å²) in [6.45, 7) is 0. The number of H-pyrrole nitrogens is 1. The number of hydrogen-bond donors (Lipinski definition) is 2. The van der Waals surface area contributed by atoms with Gasteiger partial charge in [-0.1, -0.05) is 24.3 Å². The van der Waals surface area contributed by atoms with Crippen LogP contribution in [-0.2, 0) is 6.42 Å². The van der Waals surface area contributed by atoms with Gasteiger partial charge in [0.1, 0.15) is 5.82 Å². The molecule has 88 valence electrons. The number of aromatic nitrogens is 2. The molecule has 0 radical (unpaired) electrons. The van der Waals surface area contributed by atoms with Crippen molar-refractivity contribution in [2.45, 2.75) is 24.8 Å². The van der Waals surface area contributed by atoms with E-state index in [1.807, 2.05) is 19.4 Å². The highest BCUT2D eigenvalue weighted by Gasteiger charge is 2.28. The Bertz CT molecular complexity index is 490. The highest BCUT2D eigenvalue weighted by atomic mass is 15.0. The fraction of sp³-hybridized carbons (Fsp3) is 0.357. The lowest BCUT2D eigenvalue weighted by Crippen LogP contribution is -2.25. The molecule has 1 aliphatic carbocycles. The molecule has 0 aliphatic heterocycles. The summed E-state index contributed by atoms with van der Waals surface area (Å²) >= 11 is 0. The molecule has 17 heavy (non-hydrogen) atoms. The van der Waals surface area contributed by atoms with Crippen LogP contribution in [0.1, 0.15) is 35.3 Å². The summed E-state index contributed by atoms with van der Waals surface area (Å²) in [5, 5.41) is 3.34. The third kappa shape index (κ3) is 1.87. The second-order valence-electron chi connectivity index (χ2n) is 4.65. The molecule has 2 unspecified atom stereocenters. The van der Waals surface area contributed by atoms with Crippen molar-refractivity contribution in [3.63, 3.8) is 0 Å². The Hall–Kier alpha value is -1.61. The number of hydrogen-bond acceptors (Lipinski definition) is 2. The van der Waals surface area contributed by atoms with Gasteiger partial charge in [0.05, 0.1) is 6.04 Å². The van der Waals surface area contributed by atoms with Gasteiger partial charge in [-0.3, -0.25) is 0 Å². The average Bonchev–Trinajstić information content (AvgIpc) is 2.84. The van der Waals surface area contributed by atoms with Crippen LogP contribution in [0, 0.1) is 0 Å². The molecule has 0 fully saturated rings. The molecule has 0 spiro atoms. The van der Waals surface area contributed by atoms with Crippen LogP contribution in [0.25, 0.3) is 0 Å². The van der Waals surface area contributed by atoms with Gasteiger partial charge >= 0.3 is 0 Å². The molecule has 0 bridgehead atoms. The minimum atomic E-state index is 0.323. The van der Waals surface area contributed by atoms with Gasteiger partial charge in [-0.25, -0.2) is 4.98 Å². The van der Waals surface area contributed by atoms with Crippen molar-refractivity contribution < 1.29 is 0 Å². The van der Waals surface area contributed by atoms with Crippen molar-refractivity contribution in [1.29, 1.82) is 0 Å². The quantitative estimate of drug-likeness (QED) is 0.842. The maximum absolute atomic E-state index is 4.34. The van der Waals surface area contributed by atoms with Crippen molar-refractivity contribution in [3.05, 3.63) is 53.6 Å². The van der Waals surface area contributed by atoms with Crippen LogP contribution in [0.3, 0.4) is 0 Å². The van der Waals surface area contributed by atoms with E-state index < -0.39 is 0 Å². The summed E-state index contributed by atoms with van der Waals surface area (Å²) in [6.07, 6.45) is 6.01. The summed E-state index contributed by atoms with van der Waals surface area (Å²) < 4.78 is 0. The monoisotopic (exact) mass is 227 g/mol. The van der Waals surface area contributed by atoms with E-state index in [2.05, 4.69) is 39.6 Å². The number of fused-ring (bicyclic) bond motifs is 1. The first-order valence-corrected chi connectivity index (χ1v) is 6.13. The van der Waals surface area contributed by atoms with Crippen LogP contribution in [0.5, 0.6) is 0 Å². The highest BCUT2D eigenvalue weighted by molar-refractivity contribution is 5.40. The van der Waals surface area contributed by atoms with Gasteiger partial charge < -0.3 is 10.3 Å². The molecule has 1 aromatic heterocycles. The molecule has 1 heterocycles. The van der Waals surface area contributed by atoms with Gasteiger partial charge in [-0.05, 0) is 36.9 Å². The summed E-state index contributed by atoms with van der Waals surface area (Å²) in [5.41, 5.74) is 3.02. The van der Waals surface area contributed by atoms with Gasteiger partial charge in [0.2, 0.25) is 0 Å². The first kappa shape index (κ1) is 10.5. The predicted molar refractivity (Wildman–Crippen MR) is 67.9 cm³/mol. The molecule has 2 N–H and O–H groups in total. The SMILES string of the molecule is CNC(CC1Cc2ccccc21)c1ncc[nH]1. The number of benzene rings is 1. The molecule has 0 saturated heterocycles. The smallest absolute Gasteiger partial charge is 0.123 e. The van der Waals surface area contributed by atoms with E-state index in [-0.39, 0.29) is 0 Å². The standard InChI is InChI=1S/C14H17N3/c1-15-13(14-16-6-7-17-14)9-11-8-10-4-2-3-5-12(10)11/h2-7,11,13,15H,8-9H2,1H3,(H,16,17). The lowest BCUT2D eigenvalue weighted by atomic mass is 9.74. The first-order chi connectivity index (χ1) is 8.38. The molecule has 0 saturated carbocycles. The maximum Gasteiger partial charge on any atom is 0.123 e. The second kappa shape index (κ2) is 4.34. The fourth-order valence-electron chi connectivity index (χ4n) is 2.69. The maximum atomic E-state index is 4.34. The number of nitrogens with one attached hydrogen (secondary N) is 2. The molecule has 3 heteroatoms. The topological polar surface area (TPSA) is 40.7 Å². The van der Waals surface area contributed by atoms with Gasteiger partial charge in [-0.2, -0.15) is 0 Å². The Balaban J connectivity index is 1.73. The molecule has 3 rings (SSSR count). The largest absolute Gasteiger partial charge is 0.347 e. The predicted octanol–water partition coefficient (Wildman–Crippen LogP) is 2.40. The number of rotatable bonds is 4. The van der Waals surface area contributed by atoms with Gasteiger partial charge in [0.25, 0.3) is 0 Å². The van der Waals surface area contributed by atoms with Crippen LogP contribution >= 0.6 is 0 Å². The molecule has 1 aliphatic rings. The molecule has 2 atom stereocenters. The third-order valence-corrected chi connectivity index (χ3v) is 3.68. The van der Waals surface area contributed by atoms with Gasteiger partial charge in [0, 0.05) is 12.4 Å². The van der Waals surface area contributed by atoms with E-state index in [0.717, 1.165) is 12.2 Å². The lowest BCUT2D eigenvalue weighted by molar-refractivity contribution is 0.439. The Morgan fingerprint density at radius 2 is 2.35 bits per heavy atom. The molecule has 3 nitrogen and oxygen atoms in total. The van der Waals surface area contributed by atoms with E-state index in [1.54, 1.807) is 0 Å². The zero-order chi connectivity index (χ0) is 11.7. The van der Waals surface area contributed by atoms with Crippen molar-refractivity contribution in [2.24, 2.45) is 0 Å². The summed E-state index contributed by atoms with van der Waals surface area (Å²) in [7, 11) is 2.00. The second-order valence-corrected chi connectivity index (χ2v) is 4.65. The van der Waals surface area contributed by atoms with E-state index in [9.17, 15) is 0 Å². The minimum Gasteiger partial charge on any atom is -0.347 e. The molecular weight excluding hydrogens is 210 g/mol. The summed E-state index contributed by atoms with van der Waals surface area (Å²) in [5.74, 6) is 1.71. The lowest BCUT2D eigenvalue weighted by Gasteiger charge is -2.32. The van der Waals surface area contributed by atoms with Crippen molar-refractivity contribution in [1.82, 2.24) is 15.3 Å². The van der Waals surface area contributed by atoms with Crippen LogP contribution in [-0.4, -0.2) is 17.0 Å². The summed E-state index contributed by atoms with van der Waals surface area (Å²) in [4.78, 5) is 7.53. The van der Waals surface area contributed by atoms with E-state index >= 15 is 0 Å². The molecule has 1 aromatic carbocycles. The Morgan fingerprint density at radius 3 is 3.06 bits per heavy atom. The molecular formula is C14H17N3. The van der Waals surface area contributed by atoms with Crippen molar-refractivity contribution in [2.75, 3.05) is 7.05 Å². The zero-order valence-electron chi connectivity index (χ0n) is 9.98. The van der Waals surface area contributed by atoms with Crippen LogP contribution in [0.4, 0.5) is 0 Å². The highest BCUT2D eigenvalue weighted by Crippen LogP contribution is 2.40. The van der Waals surface area contributed by atoms with Crippen LogP contribution < -0.4 is 5.32 Å². The normalized spacial score (nSPS) is 19.5. The van der Waals surface area contributed by atoms with Crippen molar-refractivity contribution in [3.8, 4) is 0 Å². The van der Waals surface area contributed by atoms with Crippen LogP contribution in [0.15, 0.2) is 36.7 Å². The van der Waals surface area contributed by atoms with Crippen LogP contribution in [0.2, 0.25) is 0 Å². The number of aromatic amines is 1. The molecule has 2 aromatic rings. The number of imidazole rings is 1. The average molecular weight is 227 g/mol. The summed E-state index contributed by atoms with van der Waals surface area (Å²) in [6, 6.07) is 9.05. The number of nitrogens with zero attached hydrogens (tertiary/aromatic N) is 1. The minimum absolute atomic E-state index is 0.323. The Morgan fingerprint density at radius 1 is 1.47 bits per heavy atom. The fourth-order valence-corrected chi connectivity index (χ4v) is 2.69. The van der Waals surface area contributed by atoms with E-state index in [4.69, 9.17) is 0 Å². The first-order valence-electron chi connectivity index (χ1n) is 6.13.